The highest BCUT2D eigenvalue weighted by Gasteiger charge is 2.26. The van der Waals surface area contributed by atoms with Gasteiger partial charge in [-0.1, -0.05) is 24.3 Å². The summed E-state index contributed by atoms with van der Waals surface area (Å²) in [5.41, 5.74) is 2.70. The molecule has 0 saturated carbocycles. The lowest BCUT2D eigenvalue weighted by molar-refractivity contribution is -0.124. The lowest BCUT2D eigenvalue weighted by atomic mass is 10.1. The second kappa shape index (κ2) is 8.15. The first-order chi connectivity index (χ1) is 13.1. The summed E-state index contributed by atoms with van der Waals surface area (Å²) in [6, 6.07) is 16.1. The summed E-state index contributed by atoms with van der Waals surface area (Å²) in [6.07, 6.45) is 0.326. The molecule has 7 heteroatoms. The number of amides is 3. The molecule has 3 rings (SSSR count). The molecule has 0 fully saturated rings. The van der Waals surface area contributed by atoms with Crippen molar-refractivity contribution in [2.75, 3.05) is 22.1 Å². The molecule has 0 aromatic heterocycles. The Morgan fingerprint density at radius 1 is 1.11 bits per heavy atom. The van der Waals surface area contributed by atoms with Crippen LogP contribution < -0.4 is 15.5 Å². The largest absolute Gasteiger partial charge is 0.326 e. The zero-order valence-electron chi connectivity index (χ0n) is 14.6. The number of carbonyl (C=O) groups is 3. The molecule has 0 atom stereocenters. The van der Waals surface area contributed by atoms with E-state index in [0.29, 0.717) is 23.5 Å². The predicted octanol–water partition coefficient (Wildman–Crippen LogP) is 2.46. The summed E-state index contributed by atoms with van der Waals surface area (Å²) in [4.78, 5) is 37.8. The van der Waals surface area contributed by atoms with E-state index in [1.165, 1.54) is 4.90 Å². The van der Waals surface area contributed by atoms with Gasteiger partial charge in [0.05, 0.1) is 23.9 Å². The summed E-state index contributed by atoms with van der Waals surface area (Å²) in [7, 11) is 0. The molecule has 0 aliphatic carbocycles. The molecule has 136 valence electrons. The fourth-order valence-corrected chi connectivity index (χ4v) is 2.83. The van der Waals surface area contributed by atoms with Crippen molar-refractivity contribution >= 4 is 34.8 Å². The second-order valence-electron chi connectivity index (χ2n) is 6.13. The molecule has 1 heterocycles. The molecule has 27 heavy (non-hydrogen) atoms. The number of benzene rings is 2. The molecule has 2 aromatic carbocycles. The Labute approximate surface area is 156 Å². The van der Waals surface area contributed by atoms with E-state index in [2.05, 4.69) is 16.7 Å². The average molecular weight is 362 g/mol. The van der Waals surface area contributed by atoms with Gasteiger partial charge >= 0.3 is 0 Å². The summed E-state index contributed by atoms with van der Waals surface area (Å²) >= 11 is 0. The van der Waals surface area contributed by atoms with E-state index >= 15 is 0 Å². The molecule has 0 bridgehead atoms. The second-order valence-corrected chi connectivity index (χ2v) is 6.13. The zero-order chi connectivity index (χ0) is 19.2. The number of hydrogen-bond acceptors (Lipinski definition) is 4. The molecule has 7 nitrogen and oxygen atoms in total. The molecule has 1 aliphatic heterocycles. The first-order valence-corrected chi connectivity index (χ1v) is 8.52. The first kappa shape index (κ1) is 18.1. The van der Waals surface area contributed by atoms with Crippen molar-refractivity contribution in [1.82, 2.24) is 0 Å². The third-order valence-electron chi connectivity index (χ3n) is 4.16. The number of fused-ring (bicyclic) bond motifs is 1. The highest BCUT2D eigenvalue weighted by molar-refractivity contribution is 6.10. The zero-order valence-corrected chi connectivity index (χ0v) is 14.6. The number of rotatable bonds is 5. The van der Waals surface area contributed by atoms with E-state index in [0.717, 1.165) is 5.56 Å². The van der Waals surface area contributed by atoms with Crippen LogP contribution in [0.1, 0.15) is 18.4 Å². The highest BCUT2D eigenvalue weighted by Crippen LogP contribution is 2.29. The minimum Gasteiger partial charge on any atom is -0.326 e. The van der Waals surface area contributed by atoms with Crippen molar-refractivity contribution in [2.45, 2.75) is 19.3 Å². The number of nitrogens with one attached hydrogen (secondary N) is 2. The Kier molecular flexibility index (Phi) is 5.47. The summed E-state index contributed by atoms with van der Waals surface area (Å²) in [5.74, 6) is -0.827. The van der Waals surface area contributed by atoms with Gasteiger partial charge in [-0.3, -0.25) is 14.4 Å². The van der Waals surface area contributed by atoms with Gasteiger partial charge in [0.25, 0.3) is 0 Å². The fourth-order valence-electron chi connectivity index (χ4n) is 2.83. The van der Waals surface area contributed by atoms with Crippen LogP contribution in [-0.4, -0.2) is 24.3 Å². The van der Waals surface area contributed by atoms with Crippen LogP contribution in [0, 0.1) is 11.3 Å². The Bertz CT molecular complexity index is 916. The van der Waals surface area contributed by atoms with Gasteiger partial charge in [0.2, 0.25) is 17.7 Å². The van der Waals surface area contributed by atoms with Crippen LogP contribution in [0.5, 0.6) is 0 Å². The minimum atomic E-state index is -0.286. The molecular weight excluding hydrogens is 344 g/mol. The average Bonchev–Trinajstić information content (AvgIpc) is 2.67. The smallest absolute Gasteiger partial charge is 0.244 e. The monoisotopic (exact) mass is 362 g/mol. The molecule has 0 unspecified atom stereocenters. The number of nitrogens with zero attached hydrogens (tertiary/aromatic N) is 2. The van der Waals surface area contributed by atoms with Crippen LogP contribution in [0.15, 0.2) is 48.5 Å². The summed E-state index contributed by atoms with van der Waals surface area (Å²) < 4.78 is 0. The maximum absolute atomic E-state index is 12.5. The van der Waals surface area contributed by atoms with E-state index in [-0.39, 0.29) is 37.1 Å². The SMILES string of the molecule is N#CCc1ccc(NC(=O)CCC(=O)N2CC(=O)Nc3ccccc32)cc1. The third-order valence-corrected chi connectivity index (χ3v) is 4.16. The van der Waals surface area contributed by atoms with Gasteiger partial charge in [-0.25, -0.2) is 0 Å². The molecular formula is C20H18N4O3. The molecule has 1 aliphatic rings. The van der Waals surface area contributed by atoms with Gasteiger partial charge in [0.1, 0.15) is 6.54 Å². The maximum Gasteiger partial charge on any atom is 0.244 e. The van der Waals surface area contributed by atoms with E-state index in [1.54, 1.807) is 48.5 Å². The minimum absolute atomic E-state index is 0.0000361. The van der Waals surface area contributed by atoms with E-state index in [4.69, 9.17) is 5.26 Å². The Hall–Kier alpha value is -3.66. The van der Waals surface area contributed by atoms with Crippen LogP contribution in [0.2, 0.25) is 0 Å². The van der Waals surface area contributed by atoms with Gasteiger partial charge in [-0.2, -0.15) is 5.26 Å². The predicted molar refractivity (Wildman–Crippen MR) is 101 cm³/mol. The van der Waals surface area contributed by atoms with Crippen LogP contribution >= 0.6 is 0 Å². The number of nitriles is 1. The lowest BCUT2D eigenvalue weighted by Crippen LogP contribution is -2.42. The fraction of sp³-hybridized carbons (Fsp3) is 0.200. The normalized spacial score (nSPS) is 12.6. The Morgan fingerprint density at radius 2 is 1.85 bits per heavy atom. The Morgan fingerprint density at radius 3 is 2.59 bits per heavy atom. The van der Waals surface area contributed by atoms with E-state index in [9.17, 15) is 14.4 Å². The van der Waals surface area contributed by atoms with Crippen LogP contribution in [0.25, 0.3) is 0 Å². The number of anilines is 3. The molecule has 0 saturated heterocycles. The van der Waals surface area contributed by atoms with Crippen LogP contribution in [0.3, 0.4) is 0 Å². The van der Waals surface area contributed by atoms with Gasteiger partial charge in [-0.15, -0.1) is 0 Å². The van der Waals surface area contributed by atoms with Crippen molar-refractivity contribution in [3.63, 3.8) is 0 Å². The quantitative estimate of drug-likeness (QED) is 0.853. The van der Waals surface area contributed by atoms with Crippen molar-refractivity contribution in [3.05, 3.63) is 54.1 Å². The van der Waals surface area contributed by atoms with Crippen LogP contribution in [0.4, 0.5) is 17.1 Å². The maximum atomic E-state index is 12.5. The molecule has 0 spiro atoms. The van der Waals surface area contributed by atoms with Gasteiger partial charge in [0.15, 0.2) is 0 Å². The van der Waals surface area contributed by atoms with Crippen molar-refractivity contribution in [2.24, 2.45) is 0 Å². The standard InChI is InChI=1S/C20H18N4O3/c21-12-11-14-5-7-15(8-6-14)22-18(25)9-10-20(27)24-13-19(26)23-16-3-1-2-4-17(16)24/h1-8H,9-11,13H2,(H,22,25)(H,23,26). The van der Waals surface area contributed by atoms with Crippen molar-refractivity contribution in [3.8, 4) is 6.07 Å². The number of carbonyl (C=O) groups excluding carboxylic acids is 3. The van der Waals surface area contributed by atoms with E-state index in [1.807, 2.05) is 0 Å². The molecule has 3 amide bonds. The van der Waals surface area contributed by atoms with Gasteiger partial charge < -0.3 is 15.5 Å². The summed E-state index contributed by atoms with van der Waals surface area (Å²) in [6.45, 7) is -0.0577. The van der Waals surface area contributed by atoms with Gasteiger partial charge in [0, 0.05) is 18.5 Å². The van der Waals surface area contributed by atoms with Crippen LogP contribution in [-0.2, 0) is 20.8 Å². The highest BCUT2D eigenvalue weighted by atomic mass is 16.2. The first-order valence-electron chi connectivity index (χ1n) is 8.52. The van der Waals surface area contributed by atoms with Crippen molar-refractivity contribution in [1.29, 1.82) is 5.26 Å². The van der Waals surface area contributed by atoms with Crippen molar-refractivity contribution < 1.29 is 14.4 Å². The Balaban J connectivity index is 1.57. The number of para-hydroxylation sites is 2. The lowest BCUT2D eigenvalue weighted by Gasteiger charge is -2.29. The molecule has 2 aromatic rings. The topological polar surface area (TPSA) is 102 Å². The third kappa shape index (κ3) is 4.50. The van der Waals surface area contributed by atoms with E-state index < -0.39 is 0 Å². The summed E-state index contributed by atoms with van der Waals surface area (Å²) in [5, 5.41) is 14.1. The molecule has 0 radical (unpaired) electrons. The van der Waals surface area contributed by atoms with Gasteiger partial charge in [-0.05, 0) is 29.8 Å². The molecule has 2 N–H and O–H groups in total. The number of hydrogen-bond donors (Lipinski definition) is 2.